The molecule has 0 spiro atoms. The van der Waals surface area contributed by atoms with E-state index in [0.717, 1.165) is 16.5 Å². The van der Waals surface area contributed by atoms with E-state index in [2.05, 4.69) is 31.4 Å². The molecule has 0 unspecified atom stereocenters. The average molecular weight is 380 g/mol. The van der Waals surface area contributed by atoms with Crippen molar-refractivity contribution in [3.8, 4) is 11.5 Å². The monoisotopic (exact) mass is 379 g/mol. The van der Waals surface area contributed by atoms with E-state index in [4.69, 9.17) is 4.52 Å². The van der Waals surface area contributed by atoms with Crippen molar-refractivity contribution in [1.82, 2.24) is 15.5 Å². The highest BCUT2D eigenvalue weighted by molar-refractivity contribution is 9.10. The van der Waals surface area contributed by atoms with E-state index < -0.39 is 17.3 Å². The maximum atomic E-state index is 12.1. The second-order valence-corrected chi connectivity index (χ2v) is 6.37. The van der Waals surface area contributed by atoms with Crippen molar-refractivity contribution < 1.29 is 19.2 Å². The van der Waals surface area contributed by atoms with Crippen molar-refractivity contribution in [2.24, 2.45) is 5.41 Å². The summed E-state index contributed by atoms with van der Waals surface area (Å²) in [6.07, 6.45) is 1.47. The van der Waals surface area contributed by atoms with Gasteiger partial charge in [0.05, 0.1) is 6.54 Å². The van der Waals surface area contributed by atoms with Crippen LogP contribution in [0.2, 0.25) is 0 Å². The molecule has 0 bridgehead atoms. The Balaban J connectivity index is 1.66. The third-order valence-corrected chi connectivity index (χ3v) is 4.49. The van der Waals surface area contributed by atoms with E-state index in [1.807, 2.05) is 24.3 Å². The Kier molecular flexibility index (Phi) is 4.16. The number of carbonyl (C=O) groups is 2. The fraction of sp³-hybridized carbons (Fsp3) is 0.333. The van der Waals surface area contributed by atoms with Crippen LogP contribution in [-0.2, 0) is 16.1 Å². The molecule has 3 rings (SSSR count). The molecule has 0 radical (unpaired) electrons. The van der Waals surface area contributed by atoms with E-state index in [1.165, 1.54) is 0 Å². The first-order valence-corrected chi connectivity index (χ1v) is 7.91. The maximum Gasteiger partial charge on any atom is 0.319 e. The Bertz CT molecular complexity index is 755. The lowest BCUT2D eigenvalue weighted by Gasteiger charge is -2.35. The first kappa shape index (κ1) is 15.7. The summed E-state index contributed by atoms with van der Waals surface area (Å²) >= 11 is 3.36. The molecule has 1 aromatic carbocycles. The fourth-order valence-electron chi connectivity index (χ4n) is 2.46. The van der Waals surface area contributed by atoms with E-state index in [1.54, 1.807) is 0 Å². The van der Waals surface area contributed by atoms with E-state index in [-0.39, 0.29) is 6.54 Å². The lowest BCUT2D eigenvalue weighted by Crippen LogP contribution is -2.50. The Morgan fingerprint density at radius 2 is 2.17 bits per heavy atom. The smallest absolute Gasteiger partial charge is 0.319 e. The molecule has 0 atom stereocenters. The maximum absolute atomic E-state index is 12.1. The summed E-state index contributed by atoms with van der Waals surface area (Å²) in [5, 5.41) is 15.6. The van der Waals surface area contributed by atoms with Gasteiger partial charge in [0.25, 0.3) is 5.89 Å². The number of benzene rings is 1. The number of amides is 1. The molecule has 1 saturated carbocycles. The zero-order valence-corrected chi connectivity index (χ0v) is 13.7. The number of hydrogen-bond donors (Lipinski definition) is 2. The normalized spacial score (nSPS) is 15.7. The van der Waals surface area contributed by atoms with Gasteiger partial charge in [-0.15, -0.1) is 0 Å². The lowest BCUT2D eigenvalue weighted by molar-refractivity contribution is -0.162. The number of halogens is 1. The topological polar surface area (TPSA) is 105 Å². The fourth-order valence-corrected chi connectivity index (χ4v) is 2.86. The van der Waals surface area contributed by atoms with Crippen LogP contribution in [0.4, 0.5) is 0 Å². The van der Waals surface area contributed by atoms with Crippen LogP contribution < -0.4 is 5.32 Å². The summed E-state index contributed by atoms with van der Waals surface area (Å²) in [6.45, 7) is 0.0331. The number of rotatable bonds is 5. The highest BCUT2D eigenvalue weighted by Crippen LogP contribution is 2.41. The van der Waals surface area contributed by atoms with Gasteiger partial charge in [-0.1, -0.05) is 33.6 Å². The Morgan fingerprint density at radius 1 is 1.39 bits per heavy atom. The number of carboxylic acid groups (broad SMARTS) is 1. The highest BCUT2D eigenvalue weighted by Gasteiger charge is 2.51. The molecule has 0 saturated heterocycles. The minimum Gasteiger partial charge on any atom is -0.480 e. The van der Waals surface area contributed by atoms with Crippen molar-refractivity contribution >= 4 is 27.8 Å². The van der Waals surface area contributed by atoms with Gasteiger partial charge in [0.1, 0.15) is 5.41 Å². The molecular weight excluding hydrogens is 366 g/mol. The van der Waals surface area contributed by atoms with Gasteiger partial charge >= 0.3 is 5.97 Å². The molecule has 120 valence electrons. The molecule has 1 aliphatic carbocycles. The second kappa shape index (κ2) is 6.11. The molecule has 2 N–H and O–H groups in total. The van der Waals surface area contributed by atoms with Crippen LogP contribution >= 0.6 is 15.9 Å². The van der Waals surface area contributed by atoms with Gasteiger partial charge in [-0.25, -0.2) is 0 Å². The van der Waals surface area contributed by atoms with Crippen molar-refractivity contribution in [1.29, 1.82) is 0 Å². The van der Waals surface area contributed by atoms with E-state index in [9.17, 15) is 14.7 Å². The summed E-state index contributed by atoms with van der Waals surface area (Å²) in [7, 11) is 0. The van der Waals surface area contributed by atoms with Crippen molar-refractivity contribution in [2.45, 2.75) is 25.8 Å². The molecule has 1 amide bonds. The van der Waals surface area contributed by atoms with E-state index in [0.29, 0.717) is 24.6 Å². The molecule has 2 aromatic rings. The summed E-state index contributed by atoms with van der Waals surface area (Å²) in [5.74, 6) is -0.936. The standard InChI is InChI=1S/C15H14BrN3O4/c16-10-4-1-3-9(7-10)12-18-11(19-23-12)8-17-13(20)15(14(21)22)5-2-6-15/h1,3-4,7H,2,5-6,8H2,(H,17,20)(H,21,22). The predicted octanol–water partition coefficient (Wildman–Crippen LogP) is 2.37. The third kappa shape index (κ3) is 2.98. The largest absolute Gasteiger partial charge is 0.480 e. The van der Waals surface area contributed by atoms with Gasteiger partial charge in [-0.2, -0.15) is 4.98 Å². The van der Waals surface area contributed by atoms with Crippen LogP contribution in [0.15, 0.2) is 33.3 Å². The minimum absolute atomic E-state index is 0.0331. The number of aromatic nitrogens is 2. The molecular formula is C15H14BrN3O4. The summed E-state index contributed by atoms with van der Waals surface area (Å²) in [5.41, 5.74) is -0.540. The molecule has 8 heteroatoms. The van der Waals surface area contributed by atoms with Crippen LogP contribution in [0, 0.1) is 5.41 Å². The zero-order valence-electron chi connectivity index (χ0n) is 12.1. The van der Waals surface area contributed by atoms with Crippen LogP contribution in [0.1, 0.15) is 25.1 Å². The number of aliphatic carboxylic acids is 1. The van der Waals surface area contributed by atoms with Gasteiger partial charge in [0.15, 0.2) is 5.82 Å². The van der Waals surface area contributed by atoms with E-state index >= 15 is 0 Å². The first-order chi connectivity index (χ1) is 11.0. The lowest BCUT2D eigenvalue weighted by atomic mass is 9.68. The van der Waals surface area contributed by atoms with Crippen LogP contribution in [0.25, 0.3) is 11.5 Å². The number of nitrogens with one attached hydrogen (secondary N) is 1. The van der Waals surface area contributed by atoms with Crippen molar-refractivity contribution in [3.63, 3.8) is 0 Å². The SMILES string of the molecule is O=C(O)C1(C(=O)NCc2noc(-c3cccc(Br)c3)n2)CCC1. The molecule has 1 aliphatic rings. The Labute approximate surface area is 140 Å². The highest BCUT2D eigenvalue weighted by atomic mass is 79.9. The van der Waals surface area contributed by atoms with Gasteiger partial charge in [0, 0.05) is 10.0 Å². The number of carbonyl (C=O) groups excluding carboxylic acids is 1. The van der Waals surface area contributed by atoms with Gasteiger partial charge in [0.2, 0.25) is 5.91 Å². The van der Waals surface area contributed by atoms with Crippen molar-refractivity contribution in [2.75, 3.05) is 0 Å². The first-order valence-electron chi connectivity index (χ1n) is 7.11. The summed E-state index contributed by atoms with van der Waals surface area (Å²) in [4.78, 5) is 27.6. The third-order valence-electron chi connectivity index (χ3n) is 4.00. The molecule has 1 fully saturated rings. The molecule has 23 heavy (non-hydrogen) atoms. The second-order valence-electron chi connectivity index (χ2n) is 5.45. The molecule has 0 aliphatic heterocycles. The quantitative estimate of drug-likeness (QED) is 0.772. The number of carboxylic acids is 1. The summed E-state index contributed by atoms with van der Waals surface area (Å²) < 4.78 is 6.05. The Morgan fingerprint density at radius 3 is 2.78 bits per heavy atom. The minimum atomic E-state index is -1.29. The van der Waals surface area contributed by atoms with Crippen LogP contribution in [0.3, 0.4) is 0 Å². The Hall–Kier alpha value is -2.22. The van der Waals surface area contributed by atoms with Gasteiger partial charge < -0.3 is 14.9 Å². The van der Waals surface area contributed by atoms with Gasteiger partial charge in [-0.3, -0.25) is 9.59 Å². The van der Waals surface area contributed by atoms with Crippen molar-refractivity contribution in [3.05, 3.63) is 34.6 Å². The van der Waals surface area contributed by atoms with Crippen LogP contribution in [-0.4, -0.2) is 27.1 Å². The number of hydrogen-bond acceptors (Lipinski definition) is 5. The zero-order chi connectivity index (χ0) is 16.4. The number of nitrogens with zero attached hydrogens (tertiary/aromatic N) is 2. The van der Waals surface area contributed by atoms with Gasteiger partial charge in [-0.05, 0) is 31.0 Å². The average Bonchev–Trinajstić information content (AvgIpc) is 2.92. The summed E-state index contributed by atoms with van der Waals surface area (Å²) in [6, 6.07) is 7.39. The molecule has 1 heterocycles. The van der Waals surface area contributed by atoms with Crippen LogP contribution in [0.5, 0.6) is 0 Å². The molecule has 1 aromatic heterocycles. The molecule has 7 nitrogen and oxygen atoms in total. The predicted molar refractivity (Wildman–Crippen MR) is 83.2 cm³/mol.